The molecule has 3 unspecified atom stereocenters. The van der Waals surface area contributed by atoms with Crippen molar-refractivity contribution in [2.45, 2.75) is 283 Å². The first kappa shape index (κ1) is 69.7. The number of phosphoric ester groups is 1. The number of unbranched alkanes of at least 4 members (excludes halogenated alkanes) is 30. The second kappa shape index (κ2) is 52.2. The zero-order chi connectivity index (χ0) is 52.9. The molecule has 0 radical (unpaired) electrons. The van der Waals surface area contributed by atoms with Gasteiger partial charge in [0, 0.05) is 12.8 Å². The van der Waals surface area contributed by atoms with Gasteiger partial charge in [-0.05, 0) is 96.0 Å². The molecule has 0 saturated carbocycles. The first-order valence-electron chi connectivity index (χ1n) is 30.1. The van der Waals surface area contributed by atoms with E-state index in [9.17, 15) is 19.0 Å². The predicted molar refractivity (Wildman–Crippen MR) is 309 cm³/mol. The zero-order valence-electron chi connectivity index (χ0n) is 47.9. The fourth-order valence-electron chi connectivity index (χ4n) is 8.47. The van der Waals surface area contributed by atoms with E-state index in [0.717, 1.165) is 96.3 Å². The number of carbonyl (C=O) groups is 2. The molecule has 0 aromatic rings. The van der Waals surface area contributed by atoms with E-state index in [2.05, 4.69) is 74.7 Å². The summed E-state index contributed by atoms with van der Waals surface area (Å²) in [6.45, 7) is 6.97. The maximum absolute atomic E-state index is 13.5. The highest BCUT2D eigenvalue weighted by Crippen LogP contribution is 2.43. The number of likely N-dealkylation sites (N-methyl/N-ethyl adjacent to an activating group) is 1. The summed E-state index contributed by atoms with van der Waals surface area (Å²) >= 11 is 0. The molecule has 9 nitrogen and oxygen atoms in total. The Kier molecular flexibility index (Phi) is 50.5. The summed E-state index contributed by atoms with van der Waals surface area (Å²) in [6, 6.07) is -0.862. The van der Waals surface area contributed by atoms with Gasteiger partial charge in [-0.1, -0.05) is 223 Å². The highest BCUT2D eigenvalue weighted by atomic mass is 31.2. The number of esters is 1. The van der Waals surface area contributed by atoms with E-state index in [-0.39, 0.29) is 31.5 Å². The van der Waals surface area contributed by atoms with Gasteiger partial charge in [0.25, 0.3) is 0 Å². The summed E-state index contributed by atoms with van der Waals surface area (Å²) in [7, 11) is 1.48. The van der Waals surface area contributed by atoms with Crippen LogP contribution < -0.4 is 5.32 Å². The number of rotatable bonds is 54. The van der Waals surface area contributed by atoms with Crippen molar-refractivity contribution in [3.05, 3.63) is 60.8 Å². The maximum atomic E-state index is 13.5. The monoisotopic (exact) mass is 1030 g/mol. The third-order valence-corrected chi connectivity index (χ3v) is 14.2. The largest absolute Gasteiger partial charge is 0.472 e. The molecule has 0 aliphatic rings. The zero-order valence-corrected chi connectivity index (χ0v) is 48.8. The lowest BCUT2D eigenvalue weighted by atomic mass is 10.0. The number of hydrogen-bond donors (Lipinski definition) is 2. The molecule has 0 fully saturated rings. The van der Waals surface area contributed by atoms with Crippen molar-refractivity contribution >= 4 is 19.7 Å². The molecule has 0 bridgehead atoms. The summed E-state index contributed by atoms with van der Waals surface area (Å²) in [6.07, 6.45) is 64.9. The van der Waals surface area contributed by atoms with Gasteiger partial charge < -0.3 is 19.4 Å². The van der Waals surface area contributed by atoms with Crippen LogP contribution in [0.25, 0.3) is 0 Å². The Bertz CT molecular complexity index is 1420. The van der Waals surface area contributed by atoms with Crippen LogP contribution in [0.2, 0.25) is 0 Å². The Labute approximate surface area is 445 Å². The first-order valence-corrected chi connectivity index (χ1v) is 31.6. The molecule has 10 heteroatoms. The van der Waals surface area contributed by atoms with Crippen LogP contribution in [0.5, 0.6) is 0 Å². The van der Waals surface area contributed by atoms with Crippen molar-refractivity contribution in [3.63, 3.8) is 0 Å². The van der Waals surface area contributed by atoms with Crippen molar-refractivity contribution < 1.29 is 37.3 Å². The standard InChI is InChI=1S/C62H115N2O7P/c1-7-10-13-16-19-22-25-28-30-32-34-37-40-43-46-49-52-55-62(66)71-60(53-50-47-44-41-38-35-27-24-21-18-15-12-9-3)59(58-70-72(67,68)69-57-56-64(4,5)6)63-61(65)54-51-48-45-42-39-36-33-31-29-26-23-20-17-14-11-8-2/h19,22,28,30-31,33-34,37,50,53,59-60H,7-18,20-21,23-27,29,32,35-36,38-49,51-52,54-58H2,1-6H3,(H-,63,65,67,68)/p+1/b22-19-,30-28-,33-31+,37-34-,53-50+. The predicted octanol–water partition coefficient (Wildman–Crippen LogP) is 18.3. The highest BCUT2D eigenvalue weighted by molar-refractivity contribution is 7.47. The number of hydrogen-bond acceptors (Lipinski definition) is 6. The molecule has 2 N–H and O–H groups in total. The van der Waals surface area contributed by atoms with E-state index in [1.165, 1.54) is 135 Å². The average molecular weight is 1030 g/mol. The van der Waals surface area contributed by atoms with Gasteiger partial charge in [0.05, 0.1) is 33.8 Å². The second-order valence-corrected chi connectivity index (χ2v) is 23.0. The molecule has 0 aromatic heterocycles. The van der Waals surface area contributed by atoms with Crippen LogP contribution in [0.15, 0.2) is 60.8 Å². The number of nitrogens with zero attached hydrogens (tertiary/aromatic N) is 1. The molecule has 0 aromatic carbocycles. The number of allylic oxidation sites excluding steroid dienone is 9. The van der Waals surface area contributed by atoms with Gasteiger partial charge in [0.15, 0.2) is 0 Å². The van der Waals surface area contributed by atoms with Gasteiger partial charge in [0.2, 0.25) is 5.91 Å². The number of ether oxygens (including phenoxy) is 1. The van der Waals surface area contributed by atoms with Crippen LogP contribution in [0.4, 0.5) is 0 Å². The maximum Gasteiger partial charge on any atom is 0.472 e. The molecule has 0 spiro atoms. The number of amides is 1. The quantitative estimate of drug-likeness (QED) is 0.0205. The molecule has 0 rings (SSSR count). The molecule has 0 aliphatic heterocycles. The van der Waals surface area contributed by atoms with Crippen molar-refractivity contribution in [2.24, 2.45) is 0 Å². The van der Waals surface area contributed by atoms with E-state index in [0.29, 0.717) is 23.9 Å². The number of nitrogens with one attached hydrogen (secondary N) is 1. The molecular formula is C62H116N2O7P+. The second-order valence-electron chi connectivity index (χ2n) is 21.5. The molecule has 0 heterocycles. The van der Waals surface area contributed by atoms with Crippen LogP contribution in [0.1, 0.15) is 271 Å². The van der Waals surface area contributed by atoms with E-state index in [4.69, 9.17) is 13.8 Å². The Morgan fingerprint density at radius 3 is 1.31 bits per heavy atom. The van der Waals surface area contributed by atoms with Crippen LogP contribution in [-0.2, 0) is 27.9 Å². The smallest absolute Gasteiger partial charge is 0.456 e. The van der Waals surface area contributed by atoms with E-state index in [1.54, 1.807) is 0 Å². The summed E-state index contributed by atoms with van der Waals surface area (Å²) in [5.41, 5.74) is 0. The molecule has 0 saturated heterocycles. The lowest BCUT2D eigenvalue weighted by Gasteiger charge is -2.27. The number of carbonyl (C=O) groups excluding carboxylic acids is 2. The Morgan fingerprint density at radius 2 is 0.847 bits per heavy atom. The summed E-state index contributed by atoms with van der Waals surface area (Å²) in [4.78, 5) is 37.6. The van der Waals surface area contributed by atoms with Crippen molar-refractivity contribution in [2.75, 3.05) is 40.9 Å². The molecular weight excluding hydrogens is 916 g/mol. The average Bonchev–Trinajstić information content (AvgIpc) is 3.34. The SMILES string of the molecule is CCCCC/C=C\C/C=C\C/C=C\CCCCCCC(=O)OC(/C=C/CCCCCCCCCCCCC)C(COP(=O)(O)OCC[N+](C)(C)C)NC(=O)CCCCCCC/C=C/CCCCCCCCC. The number of quaternary nitrogens is 1. The summed E-state index contributed by atoms with van der Waals surface area (Å²) in [5, 5.41) is 3.04. The Balaban J connectivity index is 5.39. The fourth-order valence-corrected chi connectivity index (χ4v) is 9.21. The van der Waals surface area contributed by atoms with Gasteiger partial charge in [-0.3, -0.25) is 18.6 Å². The minimum Gasteiger partial charge on any atom is -0.456 e. The van der Waals surface area contributed by atoms with Crippen LogP contribution in [-0.4, -0.2) is 74.3 Å². The topological polar surface area (TPSA) is 111 Å². The molecule has 420 valence electrons. The number of phosphoric acid groups is 1. The van der Waals surface area contributed by atoms with E-state index < -0.39 is 20.0 Å². The van der Waals surface area contributed by atoms with Gasteiger partial charge in [-0.25, -0.2) is 4.57 Å². The summed E-state index contributed by atoms with van der Waals surface area (Å²) < 4.78 is 30.6. The lowest BCUT2D eigenvalue weighted by molar-refractivity contribution is -0.870. The molecule has 1 amide bonds. The van der Waals surface area contributed by atoms with E-state index in [1.807, 2.05) is 33.3 Å². The van der Waals surface area contributed by atoms with Gasteiger partial charge in [-0.15, -0.1) is 0 Å². The van der Waals surface area contributed by atoms with Gasteiger partial charge in [0.1, 0.15) is 19.3 Å². The van der Waals surface area contributed by atoms with Crippen molar-refractivity contribution in [1.29, 1.82) is 0 Å². The van der Waals surface area contributed by atoms with E-state index >= 15 is 0 Å². The first-order chi connectivity index (χ1) is 34.9. The van der Waals surface area contributed by atoms with Crippen LogP contribution in [0.3, 0.4) is 0 Å². The third kappa shape index (κ3) is 52.6. The molecule has 0 aliphatic carbocycles. The molecule has 3 atom stereocenters. The highest BCUT2D eigenvalue weighted by Gasteiger charge is 2.30. The van der Waals surface area contributed by atoms with Crippen LogP contribution >= 0.6 is 7.82 Å². The minimum atomic E-state index is -4.45. The lowest BCUT2D eigenvalue weighted by Crippen LogP contribution is -2.47. The van der Waals surface area contributed by atoms with Gasteiger partial charge >= 0.3 is 13.8 Å². The Morgan fingerprint density at radius 1 is 0.486 bits per heavy atom. The Hall–Kier alpha value is -2.29. The minimum absolute atomic E-state index is 0.0338. The summed E-state index contributed by atoms with van der Waals surface area (Å²) in [5.74, 6) is -0.536. The fraction of sp³-hybridized carbons (Fsp3) is 0.806. The van der Waals surface area contributed by atoms with Crippen LogP contribution in [0, 0.1) is 0 Å². The van der Waals surface area contributed by atoms with Crippen molar-refractivity contribution in [1.82, 2.24) is 5.32 Å². The normalized spacial score (nSPS) is 14.2. The molecule has 72 heavy (non-hydrogen) atoms. The van der Waals surface area contributed by atoms with Gasteiger partial charge in [-0.2, -0.15) is 0 Å². The third-order valence-electron chi connectivity index (χ3n) is 13.2. The van der Waals surface area contributed by atoms with Crippen molar-refractivity contribution in [3.8, 4) is 0 Å².